The number of likely N-dealkylation sites (tertiary alicyclic amines) is 1. The maximum atomic E-state index is 14.7. The van der Waals surface area contributed by atoms with Crippen LogP contribution < -0.4 is 10.2 Å². The molecule has 10 nitrogen and oxygen atoms in total. The topological polar surface area (TPSA) is 132 Å². The molecule has 0 radical (unpaired) electrons. The van der Waals surface area contributed by atoms with Crippen LogP contribution in [0.1, 0.15) is 90.8 Å². The average Bonchev–Trinajstić information content (AvgIpc) is 3.25. The highest BCUT2D eigenvalue weighted by atomic mass is 16.6. The van der Waals surface area contributed by atoms with E-state index in [0.717, 1.165) is 42.6 Å². The first-order chi connectivity index (χ1) is 20.2. The number of hydrogen-bond donors (Lipinski definition) is 3. The number of nitrogens with zero attached hydrogens (tertiary/aromatic N) is 3. The molecule has 1 aliphatic heterocycles. The summed E-state index contributed by atoms with van der Waals surface area (Å²) in [6.45, 7) is 11.0. The fraction of sp³-hybridized carbons (Fsp3) is 0.576. The number of pyridine rings is 1. The van der Waals surface area contributed by atoms with Crippen LogP contribution in [-0.2, 0) is 19.7 Å². The molecule has 2 unspecified atom stereocenters. The van der Waals surface area contributed by atoms with Crippen molar-refractivity contribution in [1.29, 1.82) is 0 Å². The van der Waals surface area contributed by atoms with Gasteiger partial charge in [0.1, 0.15) is 29.9 Å². The van der Waals surface area contributed by atoms with Crippen molar-refractivity contribution in [3.63, 3.8) is 0 Å². The van der Waals surface area contributed by atoms with Crippen LogP contribution in [0.2, 0.25) is 0 Å². The summed E-state index contributed by atoms with van der Waals surface area (Å²) in [5, 5.41) is 24.9. The van der Waals surface area contributed by atoms with Crippen molar-refractivity contribution in [3.05, 3.63) is 59.9 Å². The van der Waals surface area contributed by atoms with Crippen molar-refractivity contribution in [3.8, 4) is 0 Å². The lowest BCUT2D eigenvalue weighted by molar-refractivity contribution is -0.131. The summed E-state index contributed by atoms with van der Waals surface area (Å²) in [6, 6.07) is 8.09. The fourth-order valence-corrected chi connectivity index (χ4v) is 5.76. The molecule has 1 aliphatic carbocycles. The summed E-state index contributed by atoms with van der Waals surface area (Å²) >= 11 is 0. The second-order valence-corrected chi connectivity index (χ2v) is 13.7. The zero-order valence-electron chi connectivity index (χ0n) is 26.1. The molecule has 3 N–H and O–H groups in total. The van der Waals surface area contributed by atoms with Crippen molar-refractivity contribution in [2.75, 3.05) is 11.4 Å². The van der Waals surface area contributed by atoms with Gasteiger partial charge >= 0.3 is 6.09 Å². The summed E-state index contributed by atoms with van der Waals surface area (Å²) < 4.78 is 5.54. The molecule has 1 aromatic heterocycles. The molecule has 1 aromatic carbocycles. The van der Waals surface area contributed by atoms with E-state index in [9.17, 15) is 24.6 Å². The molecule has 2 heterocycles. The predicted molar refractivity (Wildman–Crippen MR) is 163 cm³/mol. The minimum Gasteiger partial charge on any atom is -0.444 e. The van der Waals surface area contributed by atoms with Gasteiger partial charge < -0.3 is 20.3 Å². The monoisotopic (exact) mass is 594 g/mol. The van der Waals surface area contributed by atoms with Crippen LogP contribution in [-0.4, -0.2) is 74.4 Å². The molecule has 2 aliphatic rings. The zero-order valence-corrected chi connectivity index (χ0v) is 26.1. The number of carbonyl (C=O) groups excluding carboxylic acids is 3. The number of benzene rings is 1. The van der Waals surface area contributed by atoms with Crippen LogP contribution in [0.4, 0.5) is 10.5 Å². The van der Waals surface area contributed by atoms with Crippen LogP contribution in [0.25, 0.3) is 0 Å². The van der Waals surface area contributed by atoms with Crippen molar-refractivity contribution < 1.29 is 29.3 Å². The number of aromatic nitrogens is 1. The van der Waals surface area contributed by atoms with Crippen LogP contribution in [0.5, 0.6) is 0 Å². The molecule has 1 saturated carbocycles. The van der Waals surface area contributed by atoms with Gasteiger partial charge in [-0.2, -0.15) is 0 Å². The maximum Gasteiger partial charge on any atom is 0.411 e. The van der Waals surface area contributed by atoms with Crippen molar-refractivity contribution >= 4 is 23.6 Å². The highest BCUT2D eigenvalue weighted by Gasteiger charge is 2.51. The smallest absolute Gasteiger partial charge is 0.411 e. The molecule has 0 spiro atoms. The van der Waals surface area contributed by atoms with E-state index in [1.807, 2.05) is 12.1 Å². The standard InChI is InChI=1S/C33H46N4O6/c1-32(2,3)22-14-16-24(17-15-22)37(30(41)27-28(39)25(38)20-36(27)31(42)43-33(4,5)6)26(21-11-10-18-34-19-21)29(40)35-23-12-8-7-9-13-23/h10-11,14-19,23,25-28,38-39H,7-9,12-13,20H2,1-6H3,(H,35,40)/t25-,26?,27?,28-/m1/s1. The number of β-amino-alcohol motifs (C(OH)–C–C–N with tert-alkyl or cyclic N) is 1. The van der Waals surface area contributed by atoms with Crippen LogP contribution >= 0.6 is 0 Å². The summed E-state index contributed by atoms with van der Waals surface area (Å²) in [7, 11) is 0. The van der Waals surface area contributed by atoms with Crippen LogP contribution in [0, 0.1) is 0 Å². The number of ether oxygens (including phenoxy) is 1. The lowest BCUT2D eigenvalue weighted by Crippen LogP contribution is -2.56. The quantitative estimate of drug-likeness (QED) is 0.456. The van der Waals surface area contributed by atoms with Gasteiger partial charge in [-0.05, 0) is 62.8 Å². The van der Waals surface area contributed by atoms with Gasteiger partial charge in [-0.1, -0.05) is 58.2 Å². The van der Waals surface area contributed by atoms with Crippen molar-refractivity contribution in [2.45, 2.75) is 115 Å². The molecule has 43 heavy (non-hydrogen) atoms. The first-order valence-electron chi connectivity index (χ1n) is 15.2. The van der Waals surface area contributed by atoms with Crippen molar-refractivity contribution in [2.24, 2.45) is 0 Å². The van der Waals surface area contributed by atoms with E-state index in [-0.39, 0.29) is 23.9 Å². The van der Waals surface area contributed by atoms with Gasteiger partial charge in [0.25, 0.3) is 5.91 Å². The fourth-order valence-electron chi connectivity index (χ4n) is 5.76. The Balaban J connectivity index is 1.82. The lowest BCUT2D eigenvalue weighted by Gasteiger charge is -2.37. The van der Waals surface area contributed by atoms with E-state index in [2.05, 4.69) is 31.1 Å². The Morgan fingerprint density at radius 3 is 2.21 bits per heavy atom. The second-order valence-electron chi connectivity index (χ2n) is 13.7. The van der Waals surface area contributed by atoms with E-state index in [1.165, 1.54) is 4.90 Å². The number of carbonyl (C=O) groups is 3. The number of aliphatic hydroxyl groups excluding tert-OH is 2. The van der Waals surface area contributed by atoms with Crippen LogP contribution in [0.15, 0.2) is 48.8 Å². The third-order valence-corrected chi connectivity index (χ3v) is 8.03. The minimum absolute atomic E-state index is 0.0298. The zero-order chi connectivity index (χ0) is 31.5. The van der Waals surface area contributed by atoms with Gasteiger partial charge in [0.15, 0.2) is 0 Å². The second kappa shape index (κ2) is 13.0. The predicted octanol–water partition coefficient (Wildman–Crippen LogP) is 4.24. The van der Waals surface area contributed by atoms with E-state index in [0.29, 0.717) is 11.3 Å². The van der Waals surface area contributed by atoms with Crippen LogP contribution in [0.3, 0.4) is 0 Å². The Hall–Kier alpha value is -3.50. The molecule has 10 heteroatoms. The van der Waals surface area contributed by atoms with Gasteiger partial charge in [-0.25, -0.2) is 4.79 Å². The summed E-state index contributed by atoms with van der Waals surface area (Å²) in [6.07, 6.45) is 4.16. The molecule has 234 valence electrons. The molecular formula is C33H46N4O6. The van der Waals surface area contributed by atoms with E-state index in [1.54, 1.807) is 57.4 Å². The molecule has 4 atom stereocenters. The average molecular weight is 595 g/mol. The SMILES string of the molecule is CC(C)(C)OC(=O)N1C[C@@H](O)[C@@H](O)C1C(=O)N(c1ccc(C(C)(C)C)cc1)C(C(=O)NC1CCCCC1)c1cccnc1. The molecule has 3 amide bonds. The number of nitrogens with one attached hydrogen (secondary N) is 1. The normalized spacial score (nSPS) is 22.1. The summed E-state index contributed by atoms with van der Waals surface area (Å²) in [5.41, 5.74) is 0.876. The first-order valence-corrected chi connectivity index (χ1v) is 15.2. The summed E-state index contributed by atoms with van der Waals surface area (Å²) in [5.74, 6) is -1.10. The van der Waals surface area contributed by atoms with Gasteiger partial charge in [-0.3, -0.25) is 24.4 Å². The first kappa shape index (κ1) is 32.4. The number of amides is 3. The third-order valence-electron chi connectivity index (χ3n) is 8.03. The van der Waals surface area contributed by atoms with Gasteiger partial charge in [0, 0.05) is 29.7 Å². The Labute approximate surface area is 254 Å². The Morgan fingerprint density at radius 2 is 1.65 bits per heavy atom. The van der Waals surface area contributed by atoms with E-state index in [4.69, 9.17) is 4.74 Å². The molecular weight excluding hydrogens is 548 g/mol. The number of hydrogen-bond acceptors (Lipinski definition) is 7. The largest absolute Gasteiger partial charge is 0.444 e. The highest BCUT2D eigenvalue weighted by molar-refractivity contribution is 6.05. The highest BCUT2D eigenvalue weighted by Crippen LogP contribution is 2.34. The third kappa shape index (κ3) is 7.72. The van der Waals surface area contributed by atoms with Gasteiger partial charge in [-0.15, -0.1) is 0 Å². The van der Waals surface area contributed by atoms with Gasteiger partial charge in [0.05, 0.1) is 6.54 Å². The van der Waals surface area contributed by atoms with Crippen molar-refractivity contribution in [1.82, 2.24) is 15.2 Å². The molecule has 0 bridgehead atoms. The molecule has 2 aromatic rings. The number of rotatable bonds is 6. The molecule has 2 fully saturated rings. The van der Waals surface area contributed by atoms with E-state index < -0.39 is 41.9 Å². The van der Waals surface area contributed by atoms with Gasteiger partial charge in [0.2, 0.25) is 5.91 Å². The molecule has 1 saturated heterocycles. The minimum atomic E-state index is -1.59. The summed E-state index contributed by atoms with van der Waals surface area (Å²) in [4.78, 5) is 48.7. The Bertz CT molecular complexity index is 1270. The lowest BCUT2D eigenvalue weighted by atomic mass is 9.87. The maximum absolute atomic E-state index is 14.7. The number of anilines is 1. The Morgan fingerprint density at radius 1 is 1.00 bits per heavy atom. The van der Waals surface area contributed by atoms with E-state index >= 15 is 0 Å². The molecule has 4 rings (SSSR count). The number of aliphatic hydroxyl groups is 2. The Kier molecular flexibility index (Phi) is 9.81.